The molecule has 6 heteroatoms. The van der Waals surface area contributed by atoms with Crippen molar-refractivity contribution in [1.82, 2.24) is 10.3 Å². The van der Waals surface area contributed by atoms with Crippen LogP contribution in [0.2, 0.25) is 0 Å². The number of aromatic nitrogens is 1. The largest absolute Gasteiger partial charge is 0.449 e. The normalized spacial score (nSPS) is 23.7. The van der Waals surface area contributed by atoms with E-state index in [4.69, 9.17) is 4.42 Å². The summed E-state index contributed by atoms with van der Waals surface area (Å²) in [4.78, 5) is 4.32. The standard InChI is InChI=1S/C11H18N2O3S/c1-12-6-10-7-16-11(13-10)5-9-3-2-4-17(14,15)8-9/h7,9,12H,2-6,8H2,1H3. The topological polar surface area (TPSA) is 72.2 Å². The van der Waals surface area contributed by atoms with Crippen LogP contribution >= 0.6 is 0 Å². The van der Waals surface area contributed by atoms with E-state index < -0.39 is 9.84 Å². The Bertz CT molecular complexity index is 467. The summed E-state index contributed by atoms with van der Waals surface area (Å²) in [6.45, 7) is 0.673. The predicted octanol–water partition coefficient (Wildman–Crippen LogP) is 0.761. The van der Waals surface area contributed by atoms with Gasteiger partial charge in [0.05, 0.1) is 17.2 Å². The highest BCUT2D eigenvalue weighted by molar-refractivity contribution is 7.91. The van der Waals surface area contributed by atoms with E-state index in [9.17, 15) is 8.42 Å². The summed E-state index contributed by atoms with van der Waals surface area (Å²) < 4.78 is 28.3. The third-order valence-electron chi connectivity index (χ3n) is 2.98. The fraction of sp³-hybridized carbons (Fsp3) is 0.727. The van der Waals surface area contributed by atoms with Crippen molar-refractivity contribution in [2.24, 2.45) is 5.92 Å². The molecule has 1 fully saturated rings. The van der Waals surface area contributed by atoms with Crippen LogP contribution in [0.1, 0.15) is 24.4 Å². The lowest BCUT2D eigenvalue weighted by Crippen LogP contribution is -2.26. The van der Waals surface area contributed by atoms with Crippen molar-refractivity contribution in [2.45, 2.75) is 25.8 Å². The van der Waals surface area contributed by atoms with Crippen LogP contribution < -0.4 is 5.32 Å². The molecule has 1 unspecified atom stereocenters. The summed E-state index contributed by atoms with van der Waals surface area (Å²) in [5, 5.41) is 3.00. The number of rotatable bonds is 4. The molecule has 1 aromatic rings. The number of hydrogen-bond acceptors (Lipinski definition) is 5. The summed E-state index contributed by atoms with van der Waals surface area (Å²) in [5.41, 5.74) is 0.862. The van der Waals surface area contributed by atoms with E-state index in [0.717, 1.165) is 18.5 Å². The summed E-state index contributed by atoms with van der Waals surface area (Å²) >= 11 is 0. The molecule has 0 bridgehead atoms. The van der Waals surface area contributed by atoms with Gasteiger partial charge in [0.1, 0.15) is 6.26 Å². The molecule has 1 aromatic heterocycles. The smallest absolute Gasteiger partial charge is 0.194 e. The van der Waals surface area contributed by atoms with Crippen LogP contribution in [0, 0.1) is 5.92 Å². The Balaban J connectivity index is 1.95. The molecule has 17 heavy (non-hydrogen) atoms. The molecule has 0 aliphatic carbocycles. The Kier molecular flexibility index (Phi) is 3.83. The zero-order valence-electron chi connectivity index (χ0n) is 9.98. The molecular weight excluding hydrogens is 240 g/mol. The molecule has 1 aliphatic rings. The molecule has 1 N–H and O–H groups in total. The molecule has 1 saturated heterocycles. The Labute approximate surface area is 102 Å². The predicted molar refractivity (Wildman–Crippen MR) is 64.3 cm³/mol. The minimum Gasteiger partial charge on any atom is -0.449 e. The number of oxazole rings is 1. The van der Waals surface area contributed by atoms with Gasteiger partial charge in [-0.3, -0.25) is 0 Å². The van der Waals surface area contributed by atoms with Crippen LogP contribution in [0.5, 0.6) is 0 Å². The summed E-state index contributed by atoms with van der Waals surface area (Å²) in [5.74, 6) is 1.42. The van der Waals surface area contributed by atoms with Crippen LogP contribution in [0.25, 0.3) is 0 Å². The monoisotopic (exact) mass is 258 g/mol. The van der Waals surface area contributed by atoms with Gasteiger partial charge in [0.25, 0.3) is 0 Å². The maximum absolute atomic E-state index is 11.5. The van der Waals surface area contributed by atoms with E-state index in [0.29, 0.717) is 24.6 Å². The van der Waals surface area contributed by atoms with Crippen molar-refractivity contribution in [2.75, 3.05) is 18.6 Å². The van der Waals surface area contributed by atoms with Gasteiger partial charge in [-0.25, -0.2) is 13.4 Å². The van der Waals surface area contributed by atoms with Gasteiger partial charge in [0, 0.05) is 13.0 Å². The lowest BCUT2D eigenvalue weighted by atomic mass is 10.0. The zero-order valence-corrected chi connectivity index (χ0v) is 10.8. The minimum absolute atomic E-state index is 0.162. The van der Waals surface area contributed by atoms with Crippen LogP contribution in [0.3, 0.4) is 0 Å². The first-order valence-corrected chi connectivity index (χ1v) is 7.69. The van der Waals surface area contributed by atoms with E-state index in [-0.39, 0.29) is 11.7 Å². The molecule has 1 atom stereocenters. The third kappa shape index (κ3) is 3.54. The highest BCUT2D eigenvalue weighted by atomic mass is 32.2. The molecule has 2 heterocycles. The highest BCUT2D eigenvalue weighted by Crippen LogP contribution is 2.22. The van der Waals surface area contributed by atoms with Gasteiger partial charge in [-0.2, -0.15) is 0 Å². The second-order valence-electron chi connectivity index (χ2n) is 4.59. The second kappa shape index (κ2) is 5.18. The van der Waals surface area contributed by atoms with E-state index in [1.54, 1.807) is 6.26 Å². The fourth-order valence-electron chi connectivity index (χ4n) is 2.23. The molecule has 96 valence electrons. The SMILES string of the molecule is CNCc1coc(CC2CCCS(=O)(=O)C2)n1. The number of nitrogens with one attached hydrogen (secondary N) is 1. The van der Waals surface area contributed by atoms with Gasteiger partial charge in [-0.15, -0.1) is 0 Å². The molecular formula is C11H18N2O3S. The summed E-state index contributed by atoms with van der Waals surface area (Å²) in [6, 6.07) is 0. The molecule has 0 saturated carbocycles. The highest BCUT2D eigenvalue weighted by Gasteiger charge is 2.26. The molecule has 2 rings (SSSR count). The van der Waals surface area contributed by atoms with E-state index in [1.807, 2.05) is 7.05 Å². The summed E-state index contributed by atoms with van der Waals surface area (Å²) in [6.07, 6.45) is 3.96. The third-order valence-corrected chi connectivity index (χ3v) is 4.87. The maximum Gasteiger partial charge on any atom is 0.194 e. The van der Waals surface area contributed by atoms with Crippen LogP contribution in [-0.2, 0) is 22.8 Å². The molecule has 0 radical (unpaired) electrons. The maximum atomic E-state index is 11.5. The average molecular weight is 258 g/mol. The van der Waals surface area contributed by atoms with Crippen molar-refractivity contribution in [3.05, 3.63) is 17.8 Å². The fourth-order valence-corrected chi connectivity index (χ4v) is 4.01. The van der Waals surface area contributed by atoms with Crippen molar-refractivity contribution >= 4 is 9.84 Å². The van der Waals surface area contributed by atoms with Crippen molar-refractivity contribution in [1.29, 1.82) is 0 Å². The van der Waals surface area contributed by atoms with Crippen molar-refractivity contribution in [3.8, 4) is 0 Å². The van der Waals surface area contributed by atoms with E-state index in [1.165, 1.54) is 0 Å². The Morgan fingerprint density at radius 3 is 3.12 bits per heavy atom. The van der Waals surface area contributed by atoms with Gasteiger partial charge in [0.2, 0.25) is 0 Å². The molecule has 0 spiro atoms. The van der Waals surface area contributed by atoms with Crippen molar-refractivity contribution in [3.63, 3.8) is 0 Å². The Morgan fingerprint density at radius 2 is 2.41 bits per heavy atom. The van der Waals surface area contributed by atoms with Gasteiger partial charge in [-0.05, 0) is 25.8 Å². The van der Waals surface area contributed by atoms with Gasteiger partial charge in [-0.1, -0.05) is 0 Å². The minimum atomic E-state index is -2.84. The first-order chi connectivity index (χ1) is 8.09. The zero-order chi connectivity index (χ0) is 12.3. The van der Waals surface area contributed by atoms with Gasteiger partial charge < -0.3 is 9.73 Å². The van der Waals surface area contributed by atoms with Crippen LogP contribution in [0.4, 0.5) is 0 Å². The number of nitrogens with zero attached hydrogens (tertiary/aromatic N) is 1. The molecule has 1 aliphatic heterocycles. The quantitative estimate of drug-likeness (QED) is 0.863. The number of hydrogen-bond donors (Lipinski definition) is 1. The number of sulfone groups is 1. The molecule has 0 aromatic carbocycles. The lowest BCUT2D eigenvalue weighted by Gasteiger charge is -2.20. The van der Waals surface area contributed by atoms with Gasteiger partial charge in [0.15, 0.2) is 15.7 Å². The summed E-state index contributed by atoms with van der Waals surface area (Å²) in [7, 11) is -0.988. The molecule has 0 amide bonds. The van der Waals surface area contributed by atoms with Crippen LogP contribution in [-0.4, -0.2) is 32.0 Å². The van der Waals surface area contributed by atoms with Gasteiger partial charge >= 0.3 is 0 Å². The van der Waals surface area contributed by atoms with Crippen molar-refractivity contribution < 1.29 is 12.8 Å². The lowest BCUT2D eigenvalue weighted by molar-refractivity contribution is 0.416. The first kappa shape index (κ1) is 12.6. The van der Waals surface area contributed by atoms with Crippen LogP contribution in [0.15, 0.2) is 10.7 Å². The first-order valence-electron chi connectivity index (χ1n) is 5.87. The Hall–Kier alpha value is -0.880. The van der Waals surface area contributed by atoms with E-state index in [2.05, 4.69) is 10.3 Å². The molecule has 5 nitrogen and oxygen atoms in total. The van der Waals surface area contributed by atoms with E-state index >= 15 is 0 Å². The second-order valence-corrected chi connectivity index (χ2v) is 6.82. The average Bonchev–Trinajstić information content (AvgIpc) is 2.64. The Morgan fingerprint density at radius 1 is 1.59 bits per heavy atom.